The van der Waals surface area contributed by atoms with Crippen molar-refractivity contribution in [3.05, 3.63) is 12.4 Å². The number of rotatable bonds is 7. The summed E-state index contributed by atoms with van der Waals surface area (Å²) in [6.45, 7) is 3.64. The van der Waals surface area contributed by atoms with Crippen LogP contribution in [0, 0.1) is 5.92 Å². The first-order valence-corrected chi connectivity index (χ1v) is 9.31. The summed E-state index contributed by atoms with van der Waals surface area (Å²) in [4.78, 5) is 0.271. The summed E-state index contributed by atoms with van der Waals surface area (Å²) in [5, 5.41) is 7.54. The Labute approximate surface area is 126 Å². The first-order valence-electron chi connectivity index (χ1n) is 7.83. The van der Waals surface area contributed by atoms with Crippen molar-refractivity contribution in [2.24, 2.45) is 5.92 Å². The number of sulfonamides is 1. The maximum atomic E-state index is 12.4. The lowest BCUT2D eigenvalue weighted by atomic mass is 10.1. The van der Waals surface area contributed by atoms with Crippen LogP contribution >= 0.6 is 0 Å². The monoisotopic (exact) mass is 312 g/mol. The van der Waals surface area contributed by atoms with Crippen molar-refractivity contribution >= 4 is 10.0 Å². The molecule has 1 aromatic heterocycles. The van der Waals surface area contributed by atoms with Crippen LogP contribution in [-0.4, -0.2) is 36.8 Å². The number of nitrogens with one attached hydrogen (secondary N) is 2. The minimum atomic E-state index is -3.44. The molecule has 0 aliphatic heterocycles. The smallest absolute Gasteiger partial charge is 0.243 e. The molecular formula is C14H24N4O2S. The van der Waals surface area contributed by atoms with E-state index in [-0.39, 0.29) is 10.9 Å². The molecule has 2 N–H and O–H groups in total. The average molecular weight is 312 g/mol. The molecule has 0 spiro atoms. The Balaban J connectivity index is 1.57. The van der Waals surface area contributed by atoms with Gasteiger partial charge < -0.3 is 5.32 Å². The van der Waals surface area contributed by atoms with Crippen LogP contribution < -0.4 is 10.0 Å². The molecule has 0 bridgehead atoms. The standard InChI is InChI=1S/C14H24N4O2S/c1-11-3-2-4-14(11)17-21(19,20)13-9-16-18(10-13)8-7-15-12-5-6-12/h9-12,14-15,17H,2-8H2,1H3. The molecule has 1 heterocycles. The fourth-order valence-electron chi connectivity index (χ4n) is 2.86. The van der Waals surface area contributed by atoms with E-state index in [1.807, 2.05) is 0 Å². The van der Waals surface area contributed by atoms with Gasteiger partial charge in [0, 0.05) is 24.8 Å². The highest BCUT2D eigenvalue weighted by Gasteiger charge is 2.29. The van der Waals surface area contributed by atoms with Crippen molar-refractivity contribution in [3.63, 3.8) is 0 Å². The van der Waals surface area contributed by atoms with Crippen LogP contribution in [0.3, 0.4) is 0 Å². The molecule has 2 aliphatic rings. The van der Waals surface area contributed by atoms with Gasteiger partial charge in [0.15, 0.2) is 0 Å². The first kappa shape index (κ1) is 15.0. The van der Waals surface area contributed by atoms with Gasteiger partial charge in [0.2, 0.25) is 10.0 Å². The summed E-state index contributed by atoms with van der Waals surface area (Å²) in [5.74, 6) is 0.414. The molecule has 2 fully saturated rings. The SMILES string of the molecule is CC1CCCC1NS(=O)(=O)c1cnn(CCNC2CC2)c1. The van der Waals surface area contributed by atoms with E-state index in [1.54, 1.807) is 10.9 Å². The summed E-state index contributed by atoms with van der Waals surface area (Å²) < 4.78 is 29.2. The Bertz CT molecular complexity index is 580. The predicted molar refractivity (Wildman–Crippen MR) is 80.4 cm³/mol. The lowest BCUT2D eigenvalue weighted by Crippen LogP contribution is -2.36. The van der Waals surface area contributed by atoms with Crippen molar-refractivity contribution in [1.82, 2.24) is 19.8 Å². The molecule has 2 unspecified atom stereocenters. The molecule has 0 radical (unpaired) electrons. The van der Waals surface area contributed by atoms with Gasteiger partial charge in [0.05, 0.1) is 12.7 Å². The van der Waals surface area contributed by atoms with E-state index < -0.39 is 10.0 Å². The van der Waals surface area contributed by atoms with E-state index in [9.17, 15) is 8.42 Å². The molecule has 118 valence electrons. The van der Waals surface area contributed by atoms with Gasteiger partial charge in [0.25, 0.3) is 0 Å². The fraction of sp³-hybridized carbons (Fsp3) is 0.786. The van der Waals surface area contributed by atoms with Gasteiger partial charge in [-0.15, -0.1) is 0 Å². The van der Waals surface area contributed by atoms with Crippen molar-refractivity contribution in [3.8, 4) is 0 Å². The lowest BCUT2D eigenvalue weighted by molar-refractivity contribution is 0.476. The van der Waals surface area contributed by atoms with Crippen LogP contribution in [0.15, 0.2) is 17.3 Å². The van der Waals surface area contributed by atoms with Crippen LogP contribution in [0.4, 0.5) is 0 Å². The van der Waals surface area contributed by atoms with E-state index in [2.05, 4.69) is 22.1 Å². The lowest BCUT2D eigenvalue weighted by Gasteiger charge is -2.16. The van der Waals surface area contributed by atoms with E-state index in [1.165, 1.54) is 19.0 Å². The minimum absolute atomic E-state index is 0.0647. The third-order valence-electron chi connectivity index (χ3n) is 4.44. The molecule has 0 amide bonds. The summed E-state index contributed by atoms with van der Waals surface area (Å²) in [7, 11) is -3.44. The molecule has 2 saturated carbocycles. The average Bonchev–Trinajstić information content (AvgIpc) is 2.97. The van der Waals surface area contributed by atoms with Gasteiger partial charge >= 0.3 is 0 Å². The predicted octanol–water partition coefficient (Wildman–Crippen LogP) is 1.10. The Morgan fingerprint density at radius 3 is 2.81 bits per heavy atom. The topological polar surface area (TPSA) is 76.0 Å². The Morgan fingerprint density at radius 1 is 1.33 bits per heavy atom. The van der Waals surface area contributed by atoms with Crippen LogP contribution in [0.2, 0.25) is 0 Å². The second-order valence-corrected chi connectivity index (χ2v) is 8.02. The van der Waals surface area contributed by atoms with Gasteiger partial charge in [-0.25, -0.2) is 13.1 Å². The van der Waals surface area contributed by atoms with Gasteiger partial charge in [-0.2, -0.15) is 5.10 Å². The number of hydrogen-bond acceptors (Lipinski definition) is 4. The van der Waals surface area contributed by atoms with Crippen molar-refractivity contribution in [1.29, 1.82) is 0 Å². The first-order chi connectivity index (χ1) is 10.0. The van der Waals surface area contributed by atoms with Crippen LogP contribution in [0.1, 0.15) is 39.0 Å². The van der Waals surface area contributed by atoms with E-state index in [0.29, 0.717) is 18.5 Å². The minimum Gasteiger partial charge on any atom is -0.312 e. The third kappa shape index (κ3) is 3.84. The second-order valence-electron chi connectivity index (χ2n) is 6.30. The quantitative estimate of drug-likeness (QED) is 0.790. The highest BCUT2D eigenvalue weighted by Crippen LogP contribution is 2.26. The van der Waals surface area contributed by atoms with Crippen molar-refractivity contribution < 1.29 is 8.42 Å². The molecule has 3 rings (SSSR count). The van der Waals surface area contributed by atoms with Crippen LogP contribution in [0.25, 0.3) is 0 Å². The Morgan fingerprint density at radius 2 is 2.14 bits per heavy atom. The Kier molecular flexibility index (Phi) is 4.33. The van der Waals surface area contributed by atoms with Crippen LogP contribution in [-0.2, 0) is 16.6 Å². The summed E-state index contributed by atoms with van der Waals surface area (Å²) in [5.41, 5.74) is 0. The summed E-state index contributed by atoms with van der Waals surface area (Å²) in [6.07, 6.45) is 8.69. The molecule has 0 saturated heterocycles. The third-order valence-corrected chi connectivity index (χ3v) is 5.88. The summed E-state index contributed by atoms with van der Waals surface area (Å²) >= 11 is 0. The normalized spacial score (nSPS) is 26.3. The maximum absolute atomic E-state index is 12.4. The molecule has 0 aromatic carbocycles. The fourth-order valence-corrected chi connectivity index (χ4v) is 4.20. The highest BCUT2D eigenvalue weighted by atomic mass is 32.2. The number of nitrogens with zero attached hydrogens (tertiary/aromatic N) is 2. The van der Waals surface area contributed by atoms with E-state index >= 15 is 0 Å². The molecule has 6 nitrogen and oxygen atoms in total. The number of hydrogen-bond donors (Lipinski definition) is 2. The molecular weight excluding hydrogens is 288 g/mol. The molecule has 2 atom stereocenters. The number of aromatic nitrogens is 2. The molecule has 2 aliphatic carbocycles. The van der Waals surface area contributed by atoms with Crippen LogP contribution in [0.5, 0.6) is 0 Å². The van der Waals surface area contributed by atoms with Gasteiger partial charge in [-0.05, 0) is 31.6 Å². The van der Waals surface area contributed by atoms with E-state index in [4.69, 9.17) is 0 Å². The second kappa shape index (κ2) is 6.06. The zero-order valence-electron chi connectivity index (χ0n) is 12.5. The van der Waals surface area contributed by atoms with Gasteiger partial charge in [-0.3, -0.25) is 4.68 Å². The maximum Gasteiger partial charge on any atom is 0.243 e. The zero-order chi connectivity index (χ0) is 14.9. The zero-order valence-corrected chi connectivity index (χ0v) is 13.3. The van der Waals surface area contributed by atoms with Crippen molar-refractivity contribution in [2.75, 3.05) is 6.54 Å². The molecule has 21 heavy (non-hydrogen) atoms. The van der Waals surface area contributed by atoms with Gasteiger partial charge in [0.1, 0.15) is 4.90 Å². The van der Waals surface area contributed by atoms with Crippen molar-refractivity contribution in [2.45, 2.75) is 62.6 Å². The summed E-state index contributed by atoms with van der Waals surface area (Å²) in [6, 6.07) is 0.726. The molecule has 1 aromatic rings. The highest BCUT2D eigenvalue weighted by molar-refractivity contribution is 7.89. The Hall–Kier alpha value is -0.920. The molecule has 7 heteroatoms. The van der Waals surface area contributed by atoms with E-state index in [0.717, 1.165) is 25.8 Å². The largest absolute Gasteiger partial charge is 0.312 e. The van der Waals surface area contributed by atoms with Gasteiger partial charge in [-0.1, -0.05) is 13.3 Å².